The maximum Gasteiger partial charge on any atom is 0.243 e. The number of carbonyl (C=O) groups excluding carboxylic acids is 1. The van der Waals surface area contributed by atoms with Crippen molar-refractivity contribution in [1.29, 1.82) is 0 Å². The molecule has 2 rings (SSSR count). The number of hydrogen-bond acceptors (Lipinski definition) is 5. The number of sulfonamides is 1. The Morgan fingerprint density at radius 2 is 1.69 bits per heavy atom. The summed E-state index contributed by atoms with van der Waals surface area (Å²) in [6.45, 7) is 5.35. The quantitative estimate of drug-likeness (QED) is 0.674. The van der Waals surface area contributed by atoms with Gasteiger partial charge in [-0.1, -0.05) is 25.1 Å². The fraction of sp³-hybridized carbons (Fsp3) is 0.381. The van der Waals surface area contributed by atoms with Crippen molar-refractivity contribution < 1.29 is 22.7 Å². The molecule has 8 heteroatoms. The first-order valence-corrected chi connectivity index (χ1v) is 10.7. The topological polar surface area (TPSA) is 84.9 Å². The summed E-state index contributed by atoms with van der Waals surface area (Å²) in [5, 5.41) is 2.76. The van der Waals surface area contributed by atoms with Crippen molar-refractivity contribution in [2.75, 3.05) is 27.3 Å². The van der Waals surface area contributed by atoms with E-state index in [1.54, 1.807) is 44.2 Å². The van der Waals surface area contributed by atoms with Gasteiger partial charge in [0.15, 0.2) is 0 Å². The molecule has 2 aromatic carbocycles. The van der Waals surface area contributed by atoms with Gasteiger partial charge in [-0.15, -0.1) is 0 Å². The zero-order chi connectivity index (χ0) is 21.6. The Morgan fingerprint density at radius 1 is 1.07 bits per heavy atom. The maximum absolute atomic E-state index is 13.1. The van der Waals surface area contributed by atoms with Crippen LogP contribution >= 0.6 is 0 Å². The molecule has 7 nitrogen and oxygen atoms in total. The summed E-state index contributed by atoms with van der Waals surface area (Å²) < 4.78 is 37.9. The van der Waals surface area contributed by atoms with Gasteiger partial charge in [-0.25, -0.2) is 8.42 Å². The first-order chi connectivity index (χ1) is 13.7. The Hall–Kier alpha value is -2.58. The predicted molar refractivity (Wildman–Crippen MR) is 112 cm³/mol. The molecule has 0 aromatic heterocycles. The van der Waals surface area contributed by atoms with Crippen molar-refractivity contribution in [2.45, 2.75) is 32.2 Å². The van der Waals surface area contributed by atoms with Crippen LogP contribution in [0.5, 0.6) is 11.5 Å². The average Bonchev–Trinajstić information content (AvgIpc) is 2.71. The van der Waals surface area contributed by atoms with Gasteiger partial charge in [0.1, 0.15) is 11.5 Å². The van der Waals surface area contributed by atoms with Gasteiger partial charge in [0, 0.05) is 6.54 Å². The molecule has 0 radical (unpaired) electrons. The van der Waals surface area contributed by atoms with Crippen LogP contribution in [0.3, 0.4) is 0 Å². The number of hydrogen-bond donors (Lipinski definition) is 1. The number of ether oxygens (including phenoxy) is 2. The van der Waals surface area contributed by atoms with Crippen molar-refractivity contribution in [2.24, 2.45) is 0 Å². The van der Waals surface area contributed by atoms with E-state index in [1.807, 2.05) is 13.0 Å². The third-order valence-electron chi connectivity index (χ3n) is 4.63. The number of methoxy groups -OCH3 is 2. The van der Waals surface area contributed by atoms with Gasteiger partial charge in [0.25, 0.3) is 0 Å². The molecule has 0 unspecified atom stereocenters. The molecule has 0 fully saturated rings. The molecular weight excluding hydrogens is 392 g/mol. The van der Waals surface area contributed by atoms with Gasteiger partial charge in [-0.3, -0.25) is 4.79 Å². The third-order valence-corrected chi connectivity index (χ3v) is 6.69. The first kappa shape index (κ1) is 22.7. The summed E-state index contributed by atoms with van der Waals surface area (Å²) in [5.41, 5.74) is 2.18. The van der Waals surface area contributed by atoms with E-state index in [4.69, 9.17) is 9.47 Å². The summed E-state index contributed by atoms with van der Waals surface area (Å²) in [7, 11) is -0.710. The molecule has 0 heterocycles. The molecular formula is C21H28N2O5S. The monoisotopic (exact) mass is 420 g/mol. The van der Waals surface area contributed by atoms with E-state index < -0.39 is 15.9 Å². The number of nitrogens with zero attached hydrogens (tertiary/aromatic N) is 1. The summed E-state index contributed by atoms with van der Waals surface area (Å²) in [6, 6.07) is 10.6. The molecule has 0 aliphatic heterocycles. The molecule has 2 aromatic rings. The van der Waals surface area contributed by atoms with E-state index in [1.165, 1.54) is 18.5 Å². The molecule has 0 spiro atoms. The van der Waals surface area contributed by atoms with Crippen molar-refractivity contribution >= 4 is 15.9 Å². The average molecular weight is 421 g/mol. The molecule has 0 atom stereocenters. The van der Waals surface area contributed by atoms with Crippen LogP contribution in [-0.2, 0) is 21.4 Å². The lowest BCUT2D eigenvalue weighted by molar-refractivity contribution is -0.121. The van der Waals surface area contributed by atoms with Crippen LogP contribution in [0.15, 0.2) is 41.3 Å². The largest absolute Gasteiger partial charge is 0.496 e. The van der Waals surface area contributed by atoms with Crippen LogP contribution in [0.4, 0.5) is 0 Å². The number of nitrogens with one attached hydrogen (secondary N) is 1. The van der Waals surface area contributed by atoms with Gasteiger partial charge >= 0.3 is 0 Å². The van der Waals surface area contributed by atoms with E-state index in [0.717, 1.165) is 5.56 Å². The number of rotatable bonds is 9. The Bertz CT molecular complexity index is 951. The van der Waals surface area contributed by atoms with Gasteiger partial charge in [0.05, 0.1) is 37.8 Å². The first-order valence-electron chi connectivity index (χ1n) is 9.28. The van der Waals surface area contributed by atoms with Crippen molar-refractivity contribution in [3.8, 4) is 11.5 Å². The number of likely N-dealkylation sites (N-methyl/N-ethyl adjacent to an activating group) is 1. The zero-order valence-corrected chi connectivity index (χ0v) is 18.3. The fourth-order valence-corrected chi connectivity index (χ4v) is 4.71. The summed E-state index contributed by atoms with van der Waals surface area (Å²) in [4.78, 5) is 12.7. The highest BCUT2D eigenvalue weighted by Crippen LogP contribution is 2.28. The minimum absolute atomic E-state index is 0.160. The van der Waals surface area contributed by atoms with Crippen LogP contribution in [0.2, 0.25) is 0 Å². The van der Waals surface area contributed by atoms with Crippen LogP contribution in [0, 0.1) is 13.8 Å². The van der Waals surface area contributed by atoms with E-state index in [-0.39, 0.29) is 24.5 Å². The molecule has 1 N–H and O–H groups in total. The highest BCUT2D eigenvalue weighted by atomic mass is 32.2. The number of benzene rings is 2. The van der Waals surface area contributed by atoms with Crippen molar-refractivity contribution in [3.63, 3.8) is 0 Å². The van der Waals surface area contributed by atoms with Gasteiger partial charge in [-0.2, -0.15) is 4.31 Å². The van der Waals surface area contributed by atoms with Crippen LogP contribution in [0.25, 0.3) is 0 Å². The summed E-state index contributed by atoms with van der Waals surface area (Å²) in [6.07, 6.45) is 0. The molecule has 0 aliphatic rings. The Morgan fingerprint density at radius 3 is 2.24 bits per heavy atom. The minimum Gasteiger partial charge on any atom is -0.496 e. The maximum atomic E-state index is 13.1. The van der Waals surface area contributed by atoms with E-state index in [2.05, 4.69) is 5.32 Å². The Labute approximate surface area is 172 Å². The minimum atomic E-state index is -3.78. The fourth-order valence-electron chi connectivity index (χ4n) is 3.00. The molecule has 1 amide bonds. The summed E-state index contributed by atoms with van der Waals surface area (Å²) in [5.74, 6) is 0.758. The van der Waals surface area contributed by atoms with Crippen molar-refractivity contribution in [3.05, 3.63) is 53.1 Å². The molecule has 0 aliphatic carbocycles. The van der Waals surface area contributed by atoms with Gasteiger partial charge in [0.2, 0.25) is 15.9 Å². The number of amides is 1. The normalized spacial score (nSPS) is 11.4. The smallest absolute Gasteiger partial charge is 0.243 e. The van der Waals surface area contributed by atoms with Crippen LogP contribution < -0.4 is 14.8 Å². The predicted octanol–water partition coefficient (Wildman–Crippen LogP) is 2.65. The van der Waals surface area contributed by atoms with Crippen LogP contribution in [0.1, 0.15) is 23.6 Å². The molecule has 0 bridgehead atoms. The molecule has 29 heavy (non-hydrogen) atoms. The zero-order valence-electron chi connectivity index (χ0n) is 17.5. The summed E-state index contributed by atoms with van der Waals surface area (Å²) >= 11 is 0. The standard InChI is InChI=1S/C21H28N2O5S/c1-6-23(29(25,26)20-12-15(2)10-11-16(20)3)14-21(24)22-13-17-18(27-4)8-7-9-19(17)28-5/h7-12H,6,13-14H2,1-5H3,(H,22,24). The van der Waals surface area contributed by atoms with Crippen molar-refractivity contribution in [1.82, 2.24) is 9.62 Å². The van der Waals surface area contributed by atoms with Gasteiger partial charge in [-0.05, 0) is 43.2 Å². The molecule has 0 saturated heterocycles. The second-order valence-electron chi connectivity index (χ2n) is 6.62. The molecule has 0 saturated carbocycles. The highest BCUT2D eigenvalue weighted by Gasteiger charge is 2.27. The highest BCUT2D eigenvalue weighted by molar-refractivity contribution is 7.89. The SMILES string of the molecule is CCN(CC(=O)NCc1c(OC)cccc1OC)S(=O)(=O)c1cc(C)ccc1C. The Balaban J connectivity index is 2.16. The molecule has 158 valence electrons. The second-order valence-corrected chi connectivity index (χ2v) is 8.52. The van der Waals surface area contributed by atoms with E-state index >= 15 is 0 Å². The number of aryl methyl sites for hydroxylation is 2. The van der Waals surface area contributed by atoms with E-state index in [0.29, 0.717) is 22.6 Å². The third kappa shape index (κ3) is 5.27. The van der Waals surface area contributed by atoms with E-state index in [9.17, 15) is 13.2 Å². The number of carbonyl (C=O) groups is 1. The lowest BCUT2D eigenvalue weighted by Crippen LogP contribution is -2.40. The van der Waals surface area contributed by atoms with Crippen LogP contribution in [-0.4, -0.2) is 45.9 Å². The van der Waals surface area contributed by atoms with Gasteiger partial charge < -0.3 is 14.8 Å². The second kappa shape index (κ2) is 9.76. The lowest BCUT2D eigenvalue weighted by Gasteiger charge is -2.22. The lowest BCUT2D eigenvalue weighted by atomic mass is 10.1. The Kier molecular flexibility index (Phi) is 7.64.